The Bertz CT molecular complexity index is 1150. The second-order valence-corrected chi connectivity index (χ2v) is 7.59. The van der Waals surface area contributed by atoms with Gasteiger partial charge in [0.15, 0.2) is 12.2 Å². The van der Waals surface area contributed by atoms with Crippen molar-refractivity contribution in [2.75, 3.05) is 4.72 Å². The molecule has 144 valence electrons. The molecule has 0 bridgehead atoms. The third-order valence-electron chi connectivity index (χ3n) is 4.20. The average molecular weight is 422 g/mol. The molecule has 0 radical (unpaired) electrons. The molecule has 0 aliphatic rings. The van der Waals surface area contributed by atoms with Crippen molar-refractivity contribution in [2.45, 2.75) is 11.8 Å². The van der Waals surface area contributed by atoms with E-state index in [-0.39, 0.29) is 5.78 Å². The fourth-order valence-corrected chi connectivity index (χ4v) is 3.61. The molecular formula is C22H16ClN3O2S. The summed E-state index contributed by atoms with van der Waals surface area (Å²) in [5.41, 5.74) is 3.26. The molecule has 4 rings (SSSR count). The number of ketones is 1. The summed E-state index contributed by atoms with van der Waals surface area (Å²) in [5, 5.41) is 0.493. The van der Waals surface area contributed by atoms with Crippen molar-refractivity contribution in [3.63, 3.8) is 0 Å². The number of nitrogens with zero attached hydrogens (tertiary/aromatic N) is 2. The van der Waals surface area contributed by atoms with Crippen LogP contribution in [0.3, 0.4) is 0 Å². The molecule has 0 amide bonds. The summed E-state index contributed by atoms with van der Waals surface area (Å²) >= 11 is 7.55. The van der Waals surface area contributed by atoms with E-state index in [9.17, 15) is 4.79 Å². The van der Waals surface area contributed by atoms with Crippen molar-refractivity contribution in [3.05, 3.63) is 95.2 Å². The molecule has 0 saturated carbocycles. The molecule has 0 saturated heterocycles. The number of pyridine rings is 1. The summed E-state index contributed by atoms with van der Waals surface area (Å²) in [4.78, 5) is 22.2. The molecule has 7 heteroatoms. The molecule has 0 atom stereocenters. The van der Waals surface area contributed by atoms with Gasteiger partial charge in [-0.1, -0.05) is 29.8 Å². The van der Waals surface area contributed by atoms with Gasteiger partial charge in [-0.2, -0.15) is 0 Å². The highest BCUT2D eigenvalue weighted by molar-refractivity contribution is 8.00. The van der Waals surface area contributed by atoms with Crippen LogP contribution in [0.1, 0.15) is 21.7 Å². The van der Waals surface area contributed by atoms with E-state index in [4.69, 9.17) is 16.0 Å². The first-order chi connectivity index (χ1) is 14.1. The third-order valence-corrected chi connectivity index (χ3v) is 5.26. The van der Waals surface area contributed by atoms with Gasteiger partial charge in [0.2, 0.25) is 5.78 Å². The van der Waals surface area contributed by atoms with Crippen LogP contribution in [0.5, 0.6) is 0 Å². The summed E-state index contributed by atoms with van der Waals surface area (Å²) in [6.07, 6.45) is 3.08. The largest absolute Gasteiger partial charge is 0.444 e. The number of hydrogen-bond donors (Lipinski definition) is 1. The molecule has 1 N–H and O–H groups in total. The van der Waals surface area contributed by atoms with Crippen molar-refractivity contribution >= 4 is 35.0 Å². The quantitative estimate of drug-likeness (QED) is 0.302. The molecule has 2 heterocycles. The number of aryl methyl sites for hydroxylation is 1. The zero-order valence-corrected chi connectivity index (χ0v) is 17.0. The number of rotatable bonds is 6. The number of carbonyl (C=O) groups is 1. The van der Waals surface area contributed by atoms with Crippen LogP contribution in [0.4, 0.5) is 5.69 Å². The summed E-state index contributed by atoms with van der Waals surface area (Å²) in [7, 11) is 0. The van der Waals surface area contributed by atoms with Crippen LogP contribution in [0.25, 0.3) is 11.3 Å². The van der Waals surface area contributed by atoms with Gasteiger partial charge in [-0.05, 0) is 61.3 Å². The number of benzene rings is 2. The van der Waals surface area contributed by atoms with Gasteiger partial charge in [-0.25, -0.2) is 9.97 Å². The minimum atomic E-state index is -0.181. The van der Waals surface area contributed by atoms with Crippen LogP contribution in [0.15, 0.2) is 82.6 Å². The lowest BCUT2D eigenvalue weighted by molar-refractivity contribution is 0.103. The van der Waals surface area contributed by atoms with Gasteiger partial charge < -0.3 is 9.14 Å². The van der Waals surface area contributed by atoms with Gasteiger partial charge in [0, 0.05) is 26.7 Å². The van der Waals surface area contributed by atoms with Gasteiger partial charge in [-0.15, -0.1) is 0 Å². The number of aromatic nitrogens is 2. The Kier molecular flexibility index (Phi) is 5.64. The fourth-order valence-electron chi connectivity index (χ4n) is 2.76. The van der Waals surface area contributed by atoms with Crippen molar-refractivity contribution in [3.8, 4) is 11.3 Å². The number of hydrogen-bond acceptors (Lipinski definition) is 6. The second kappa shape index (κ2) is 8.51. The monoisotopic (exact) mass is 421 g/mol. The Labute approximate surface area is 177 Å². The summed E-state index contributed by atoms with van der Waals surface area (Å²) < 4.78 is 8.55. The Morgan fingerprint density at radius 1 is 1.10 bits per heavy atom. The number of anilines is 1. The number of carbonyl (C=O) groups excluding carboxylic acids is 1. The van der Waals surface area contributed by atoms with Gasteiger partial charge in [0.25, 0.3) is 0 Å². The maximum absolute atomic E-state index is 13.0. The Balaban J connectivity index is 1.54. The highest BCUT2D eigenvalue weighted by Crippen LogP contribution is 2.29. The first-order valence-electron chi connectivity index (χ1n) is 8.80. The van der Waals surface area contributed by atoms with Crippen LogP contribution in [-0.2, 0) is 0 Å². The highest BCUT2D eigenvalue weighted by Gasteiger charge is 2.16. The maximum Gasteiger partial charge on any atom is 0.213 e. The standard InChI is InChI=1S/C22H16ClN3O2S/c1-14-3-2-4-20(25-14)22(27)18-11-16(23)7-10-19(18)26-29-17-8-5-15(6-9-17)21-12-24-13-28-21/h2-13,26H,1H3. The minimum Gasteiger partial charge on any atom is -0.444 e. The summed E-state index contributed by atoms with van der Waals surface area (Å²) in [5.74, 6) is 0.533. The Morgan fingerprint density at radius 3 is 2.66 bits per heavy atom. The number of nitrogens with one attached hydrogen (secondary N) is 1. The fraction of sp³-hybridized carbons (Fsp3) is 0.0455. The number of oxazole rings is 1. The molecule has 2 aromatic heterocycles. The Hall–Kier alpha value is -3.09. The van der Waals surface area contributed by atoms with E-state index in [0.717, 1.165) is 16.2 Å². The van der Waals surface area contributed by atoms with E-state index >= 15 is 0 Å². The van der Waals surface area contributed by atoms with Gasteiger partial charge in [0.1, 0.15) is 5.69 Å². The average Bonchev–Trinajstić information content (AvgIpc) is 3.27. The molecule has 5 nitrogen and oxygen atoms in total. The molecule has 0 unspecified atom stereocenters. The minimum absolute atomic E-state index is 0.181. The topological polar surface area (TPSA) is 68.0 Å². The lowest BCUT2D eigenvalue weighted by Gasteiger charge is -2.11. The molecule has 4 aromatic rings. The lowest BCUT2D eigenvalue weighted by Crippen LogP contribution is -2.07. The van der Waals surface area contributed by atoms with E-state index in [2.05, 4.69) is 14.7 Å². The van der Waals surface area contributed by atoms with E-state index in [1.807, 2.05) is 43.3 Å². The van der Waals surface area contributed by atoms with Crippen molar-refractivity contribution in [1.29, 1.82) is 0 Å². The van der Waals surface area contributed by atoms with Crippen LogP contribution in [0, 0.1) is 6.92 Å². The zero-order valence-electron chi connectivity index (χ0n) is 15.4. The van der Waals surface area contributed by atoms with E-state index in [1.165, 1.54) is 18.3 Å². The van der Waals surface area contributed by atoms with E-state index in [1.54, 1.807) is 30.5 Å². The third kappa shape index (κ3) is 4.50. The molecule has 0 aliphatic carbocycles. The first kappa shape index (κ1) is 19.2. The summed E-state index contributed by atoms with van der Waals surface area (Å²) in [6, 6.07) is 18.4. The van der Waals surface area contributed by atoms with E-state index in [0.29, 0.717) is 27.7 Å². The maximum atomic E-state index is 13.0. The van der Waals surface area contributed by atoms with Gasteiger partial charge in [0.05, 0.1) is 11.9 Å². The lowest BCUT2D eigenvalue weighted by atomic mass is 10.1. The number of halogens is 1. The molecular weight excluding hydrogens is 406 g/mol. The Morgan fingerprint density at radius 2 is 1.93 bits per heavy atom. The van der Waals surface area contributed by atoms with Crippen molar-refractivity contribution < 1.29 is 9.21 Å². The second-order valence-electron chi connectivity index (χ2n) is 6.28. The SMILES string of the molecule is Cc1cccc(C(=O)c2cc(Cl)ccc2NSc2ccc(-c3cnco3)cc2)n1. The van der Waals surface area contributed by atoms with Crippen LogP contribution < -0.4 is 4.72 Å². The highest BCUT2D eigenvalue weighted by atomic mass is 35.5. The first-order valence-corrected chi connectivity index (χ1v) is 9.99. The smallest absolute Gasteiger partial charge is 0.213 e. The molecule has 0 aliphatic heterocycles. The predicted octanol–water partition coefficient (Wildman–Crippen LogP) is 6.05. The zero-order chi connectivity index (χ0) is 20.2. The van der Waals surface area contributed by atoms with Crippen molar-refractivity contribution in [2.24, 2.45) is 0 Å². The van der Waals surface area contributed by atoms with Gasteiger partial charge >= 0.3 is 0 Å². The normalized spacial score (nSPS) is 10.7. The molecule has 0 spiro atoms. The van der Waals surface area contributed by atoms with Crippen molar-refractivity contribution in [1.82, 2.24) is 9.97 Å². The van der Waals surface area contributed by atoms with E-state index < -0.39 is 0 Å². The molecule has 2 aromatic carbocycles. The van der Waals surface area contributed by atoms with Gasteiger partial charge in [-0.3, -0.25) is 4.79 Å². The summed E-state index contributed by atoms with van der Waals surface area (Å²) in [6.45, 7) is 1.85. The molecule has 0 fully saturated rings. The van der Waals surface area contributed by atoms with Crippen LogP contribution >= 0.6 is 23.5 Å². The van der Waals surface area contributed by atoms with Crippen LogP contribution in [0.2, 0.25) is 5.02 Å². The van der Waals surface area contributed by atoms with Crippen LogP contribution in [-0.4, -0.2) is 15.8 Å². The predicted molar refractivity (Wildman–Crippen MR) is 115 cm³/mol. The molecule has 29 heavy (non-hydrogen) atoms.